The molecule has 2 aliphatic heterocycles. The van der Waals surface area contributed by atoms with Crippen LogP contribution in [0.25, 0.3) is 0 Å². The predicted octanol–water partition coefficient (Wildman–Crippen LogP) is 1.42. The largest absolute Gasteiger partial charge is 0.269 e. The summed E-state index contributed by atoms with van der Waals surface area (Å²) in [5, 5.41) is 17.9. The minimum absolute atomic E-state index is 0.279. The molecule has 0 amide bonds. The van der Waals surface area contributed by atoms with Crippen molar-refractivity contribution in [1.29, 1.82) is 10.5 Å². The Morgan fingerprint density at radius 2 is 2.15 bits per heavy atom. The summed E-state index contributed by atoms with van der Waals surface area (Å²) in [6.45, 7) is 0.429. The summed E-state index contributed by atoms with van der Waals surface area (Å²) in [6.07, 6.45) is 5.36. The predicted molar refractivity (Wildman–Crippen MR) is 47.5 cm³/mol. The Morgan fingerprint density at radius 3 is 2.85 bits per heavy atom. The Morgan fingerprint density at radius 1 is 1.31 bits per heavy atom. The van der Waals surface area contributed by atoms with Gasteiger partial charge in [0.05, 0.1) is 18.7 Å². The summed E-state index contributed by atoms with van der Waals surface area (Å²) < 4.78 is 0. The first-order chi connectivity index (χ1) is 6.32. The van der Waals surface area contributed by atoms with Crippen LogP contribution < -0.4 is 0 Å². The molecule has 2 atom stereocenters. The maximum absolute atomic E-state index is 9.16. The highest BCUT2D eigenvalue weighted by atomic mass is 15.3. The summed E-state index contributed by atoms with van der Waals surface area (Å²) in [6, 6.07) is 5.10. The fraction of sp³-hybridized carbons (Fsp3) is 0.800. The summed E-state index contributed by atoms with van der Waals surface area (Å²) in [4.78, 5) is 2.12. The van der Waals surface area contributed by atoms with Gasteiger partial charge in [0.2, 0.25) is 0 Å². The number of hydrogen-bond acceptors (Lipinski definition) is 3. The summed E-state index contributed by atoms with van der Waals surface area (Å²) >= 11 is 0. The van der Waals surface area contributed by atoms with Crippen molar-refractivity contribution in [2.75, 3.05) is 6.54 Å². The molecule has 2 aliphatic rings. The normalized spacial score (nSPS) is 38.2. The van der Waals surface area contributed by atoms with Crippen LogP contribution in [0.3, 0.4) is 0 Å². The molecule has 68 valence electrons. The average molecular weight is 175 g/mol. The molecule has 0 aromatic rings. The van der Waals surface area contributed by atoms with Crippen molar-refractivity contribution in [3.8, 4) is 12.1 Å². The van der Waals surface area contributed by atoms with Crippen LogP contribution in [-0.2, 0) is 0 Å². The Hall–Kier alpha value is -1.06. The third kappa shape index (κ3) is 1.12. The molecule has 0 aromatic carbocycles. The number of nitrogens with zero attached hydrogens (tertiary/aromatic N) is 3. The van der Waals surface area contributed by atoms with Crippen molar-refractivity contribution in [2.24, 2.45) is 0 Å². The highest BCUT2D eigenvalue weighted by molar-refractivity contribution is 5.17. The van der Waals surface area contributed by atoms with Gasteiger partial charge in [0.25, 0.3) is 0 Å². The molecule has 2 saturated heterocycles. The number of nitriles is 2. The molecule has 0 radical (unpaired) electrons. The van der Waals surface area contributed by atoms with Crippen molar-refractivity contribution in [3.05, 3.63) is 0 Å². The number of rotatable bonds is 1. The van der Waals surface area contributed by atoms with Gasteiger partial charge < -0.3 is 0 Å². The lowest BCUT2D eigenvalue weighted by Gasteiger charge is -2.38. The second-order valence-corrected chi connectivity index (χ2v) is 4.01. The first kappa shape index (κ1) is 8.53. The van der Waals surface area contributed by atoms with E-state index in [1.807, 2.05) is 0 Å². The molecule has 2 heterocycles. The smallest absolute Gasteiger partial charge is 0.110 e. The van der Waals surface area contributed by atoms with Gasteiger partial charge in [-0.3, -0.25) is 4.90 Å². The standard InChI is InChI=1S/C10H13N3/c11-6-7-13-9-2-1-4-10(13,8-12)5-3-9/h9H,1-5,7H2. The molecule has 0 aliphatic carbocycles. The Bertz CT molecular complexity index is 282. The zero-order valence-electron chi connectivity index (χ0n) is 7.66. The molecule has 13 heavy (non-hydrogen) atoms. The second-order valence-electron chi connectivity index (χ2n) is 4.01. The van der Waals surface area contributed by atoms with Crippen molar-refractivity contribution >= 4 is 0 Å². The van der Waals surface area contributed by atoms with Gasteiger partial charge in [-0.25, -0.2) is 0 Å². The molecule has 2 bridgehead atoms. The van der Waals surface area contributed by atoms with E-state index in [-0.39, 0.29) is 5.54 Å². The lowest BCUT2D eigenvalue weighted by Crippen LogP contribution is -2.49. The molecule has 0 saturated carbocycles. The van der Waals surface area contributed by atoms with E-state index in [4.69, 9.17) is 10.5 Å². The monoisotopic (exact) mass is 175 g/mol. The molecule has 0 spiro atoms. The van der Waals surface area contributed by atoms with Crippen LogP contribution in [0, 0.1) is 22.7 Å². The SMILES string of the molecule is N#CCN1C2CCCC1(C#N)CC2. The molecule has 3 heteroatoms. The topological polar surface area (TPSA) is 50.8 Å². The number of piperidine rings is 1. The van der Waals surface area contributed by atoms with E-state index < -0.39 is 0 Å². The van der Waals surface area contributed by atoms with Crippen LogP contribution in [0.4, 0.5) is 0 Å². The highest BCUT2D eigenvalue weighted by Gasteiger charge is 2.48. The number of hydrogen-bond donors (Lipinski definition) is 0. The fourth-order valence-corrected chi connectivity index (χ4v) is 2.79. The van der Waals surface area contributed by atoms with E-state index in [9.17, 15) is 0 Å². The Kier molecular flexibility index (Phi) is 1.98. The fourth-order valence-electron chi connectivity index (χ4n) is 2.79. The van der Waals surface area contributed by atoms with Gasteiger partial charge in [-0.1, -0.05) is 0 Å². The van der Waals surface area contributed by atoms with E-state index in [0.717, 1.165) is 25.7 Å². The highest BCUT2D eigenvalue weighted by Crippen LogP contribution is 2.43. The van der Waals surface area contributed by atoms with E-state index in [1.165, 1.54) is 6.42 Å². The minimum Gasteiger partial charge on any atom is -0.269 e. The van der Waals surface area contributed by atoms with Gasteiger partial charge in [-0.15, -0.1) is 0 Å². The van der Waals surface area contributed by atoms with Crippen molar-refractivity contribution in [1.82, 2.24) is 4.90 Å². The van der Waals surface area contributed by atoms with E-state index >= 15 is 0 Å². The van der Waals surface area contributed by atoms with Gasteiger partial charge in [0.1, 0.15) is 5.54 Å². The van der Waals surface area contributed by atoms with E-state index in [0.29, 0.717) is 12.6 Å². The third-order valence-electron chi connectivity index (χ3n) is 3.46. The second kappa shape index (κ2) is 3.01. The zero-order chi connectivity index (χ0) is 9.31. The van der Waals surface area contributed by atoms with Gasteiger partial charge in [-0.2, -0.15) is 10.5 Å². The Balaban J connectivity index is 2.25. The molecular formula is C10H13N3. The molecule has 2 fully saturated rings. The number of fused-ring (bicyclic) bond motifs is 2. The average Bonchev–Trinajstić information content (AvgIpc) is 2.37. The lowest BCUT2D eigenvalue weighted by molar-refractivity contribution is 0.111. The quantitative estimate of drug-likeness (QED) is 0.566. The van der Waals surface area contributed by atoms with Crippen LogP contribution in [0.1, 0.15) is 32.1 Å². The maximum atomic E-state index is 9.16. The molecule has 0 aromatic heterocycles. The first-order valence-corrected chi connectivity index (χ1v) is 4.87. The van der Waals surface area contributed by atoms with Gasteiger partial charge >= 0.3 is 0 Å². The van der Waals surface area contributed by atoms with Gasteiger partial charge in [0, 0.05) is 6.04 Å². The zero-order valence-corrected chi connectivity index (χ0v) is 7.66. The summed E-state index contributed by atoms with van der Waals surface area (Å²) in [7, 11) is 0. The summed E-state index contributed by atoms with van der Waals surface area (Å²) in [5.41, 5.74) is -0.279. The Labute approximate surface area is 78.6 Å². The lowest BCUT2D eigenvalue weighted by atomic mass is 9.90. The van der Waals surface area contributed by atoms with Crippen LogP contribution in [0.5, 0.6) is 0 Å². The molecule has 2 rings (SSSR count). The molecule has 0 N–H and O–H groups in total. The first-order valence-electron chi connectivity index (χ1n) is 4.87. The van der Waals surface area contributed by atoms with Crippen LogP contribution in [0.15, 0.2) is 0 Å². The molecular weight excluding hydrogens is 162 g/mol. The maximum Gasteiger partial charge on any atom is 0.110 e. The van der Waals surface area contributed by atoms with Crippen LogP contribution in [0.2, 0.25) is 0 Å². The van der Waals surface area contributed by atoms with E-state index in [1.54, 1.807) is 0 Å². The van der Waals surface area contributed by atoms with Crippen molar-refractivity contribution in [3.63, 3.8) is 0 Å². The van der Waals surface area contributed by atoms with Gasteiger partial charge in [0.15, 0.2) is 0 Å². The molecule has 3 nitrogen and oxygen atoms in total. The van der Waals surface area contributed by atoms with Crippen molar-refractivity contribution in [2.45, 2.75) is 43.7 Å². The van der Waals surface area contributed by atoms with E-state index in [2.05, 4.69) is 17.0 Å². The minimum atomic E-state index is -0.279. The van der Waals surface area contributed by atoms with Crippen LogP contribution in [-0.4, -0.2) is 23.0 Å². The van der Waals surface area contributed by atoms with Crippen molar-refractivity contribution < 1.29 is 0 Å². The summed E-state index contributed by atoms with van der Waals surface area (Å²) in [5.74, 6) is 0. The third-order valence-corrected chi connectivity index (χ3v) is 3.46. The molecule has 2 unspecified atom stereocenters. The van der Waals surface area contributed by atoms with Crippen LogP contribution >= 0.6 is 0 Å². The van der Waals surface area contributed by atoms with Gasteiger partial charge in [-0.05, 0) is 32.1 Å².